The Labute approximate surface area is 170 Å². The van der Waals surface area contributed by atoms with Crippen molar-refractivity contribution in [3.8, 4) is 0 Å². The summed E-state index contributed by atoms with van der Waals surface area (Å²) in [6.07, 6.45) is 7.55. The van der Waals surface area contributed by atoms with Crippen molar-refractivity contribution in [3.63, 3.8) is 0 Å². The smallest absolute Gasteiger partial charge is 0.185 e. The second-order valence-corrected chi connectivity index (χ2v) is 10.1. The zero-order valence-electron chi connectivity index (χ0n) is 15.8. The molecule has 3 aliphatic rings. The third-order valence-corrected chi connectivity index (χ3v) is 9.01. The molecule has 3 fully saturated rings. The third kappa shape index (κ3) is 2.67. The van der Waals surface area contributed by atoms with E-state index in [1.54, 1.807) is 41.3 Å². The van der Waals surface area contributed by atoms with Crippen LogP contribution in [-0.4, -0.2) is 30.1 Å². The van der Waals surface area contributed by atoms with E-state index in [9.17, 15) is 9.18 Å². The van der Waals surface area contributed by atoms with Gasteiger partial charge in [-0.3, -0.25) is 4.79 Å². The highest BCUT2D eigenvalue weighted by Crippen LogP contribution is 2.79. The number of rotatable bonds is 5. The first kappa shape index (κ1) is 18.3. The van der Waals surface area contributed by atoms with Crippen molar-refractivity contribution in [2.75, 3.05) is 13.3 Å². The first-order valence-corrected chi connectivity index (χ1v) is 11.4. The van der Waals surface area contributed by atoms with Crippen LogP contribution in [0.4, 0.5) is 4.39 Å². The zero-order valence-corrected chi connectivity index (χ0v) is 17.4. The normalized spacial score (nSPS) is 28.2. The van der Waals surface area contributed by atoms with Crippen molar-refractivity contribution in [3.05, 3.63) is 52.7 Å². The summed E-state index contributed by atoms with van der Waals surface area (Å²) in [7, 11) is 2.02. The highest BCUT2D eigenvalue weighted by molar-refractivity contribution is 7.99. The van der Waals surface area contributed by atoms with E-state index in [-0.39, 0.29) is 10.6 Å². The molecule has 2 heterocycles. The monoisotopic (exact) mass is 416 g/mol. The fourth-order valence-electron chi connectivity index (χ4n) is 4.09. The summed E-state index contributed by atoms with van der Waals surface area (Å²) >= 11 is 3.45. The minimum atomic E-state index is -0.174. The molecule has 6 rings (SSSR count). The molecule has 28 heavy (non-hydrogen) atoms. The second kappa shape index (κ2) is 6.15. The van der Waals surface area contributed by atoms with Crippen LogP contribution in [0.25, 0.3) is 10.2 Å². The van der Waals surface area contributed by atoms with E-state index in [0.717, 1.165) is 22.3 Å². The molecule has 7 heteroatoms. The highest BCUT2D eigenvalue weighted by atomic mass is 32.2. The van der Waals surface area contributed by atoms with Crippen LogP contribution in [0.3, 0.4) is 0 Å². The molecular formula is C21H21FN2O2S2. The van der Waals surface area contributed by atoms with Gasteiger partial charge in [0.1, 0.15) is 16.6 Å². The van der Waals surface area contributed by atoms with E-state index in [2.05, 4.69) is 16.6 Å². The molecule has 146 valence electrons. The number of thioether (sulfide) groups is 1. The molecule has 0 spiro atoms. The second-order valence-electron chi connectivity index (χ2n) is 7.92. The molecule has 1 N–H and O–H groups in total. The van der Waals surface area contributed by atoms with Crippen molar-refractivity contribution in [2.45, 2.75) is 41.4 Å². The van der Waals surface area contributed by atoms with Gasteiger partial charge in [-0.25, -0.2) is 9.37 Å². The molecule has 0 aliphatic heterocycles. The van der Waals surface area contributed by atoms with Gasteiger partial charge in [-0.2, -0.15) is 11.8 Å². The first-order chi connectivity index (χ1) is 13.5. The molecule has 0 saturated heterocycles. The lowest BCUT2D eigenvalue weighted by Crippen LogP contribution is -2.16. The van der Waals surface area contributed by atoms with E-state index >= 15 is 0 Å². The van der Waals surface area contributed by atoms with Crippen molar-refractivity contribution >= 4 is 39.6 Å². The maximum Gasteiger partial charge on any atom is 0.185 e. The lowest BCUT2D eigenvalue weighted by Gasteiger charge is -2.06. The van der Waals surface area contributed by atoms with Gasteiger partial charge in [-0.1, -0.05) is 0 Å². The minimum Gasteiger partial charge on any atom is -0.457 e. The first-order valence-electron chi connectivity index (χ1n) is 9.36. The number of nitrogens with one attached hydrogen (secondary N) is 1. The van der Waals surface area contributed by atoms with Gasteiger partial charge in [0.05, 0.1) is 15.0 Å². The summed E-state index contributed by atoms with van der Waals surface area (Å²) in [5.74, 6) is 1.22. The van der Waals surface area contributed by atoms with Crippen LogP contribution in [0, 0.1) is 5.82 Å². The van der Waals surface area contributed by atoms with Crippen LogP contribution in [-0.2, 0) is 10.2 Å². The van der Waals surface area contributed by atoms with Gasteiger partial charge >= 0.3 is 0 Å². The average Bonchev–Trinajstić information content (AvgIpc) is 3.61. The molecule has 4 nitrogen and oxygen atoms in total. The summed E-state index contributed by atoms with van der Waals surface area (Å²) in [6.45, 7) is 0. The molecule has 1 aromatic carbocycles. The summed E-state index contributed by atoms with van der Waals surface area (Å²) in [5.41, 5.74) is 1.56. The zero-order chi connectivity index (χ0) is 19.6. The maximum absolute atomic E-state index is 13.1. The molecule has 0 amide bonds. The van der Waals surface area contributed by atoms with E-state index in [1.807, 2.05) is 13.1 Å². The maximum atomic E-state index is 13.1. The molecule has 0 atom stereocenters. The predicted octanol–water partition coefficient (Wildman–Crippen LogP) is 4.88. The number of carbonyl (C=O) groups is 1. The lowest BCUT2D eigenvalue weighted by atomic mass is 10.2. The Morgan fingerprint density at radius 1 is 1.29 bits per heavy atom. The van der Waals surface area contributed by atoms with Crippen LogP contribution < -0.4 is 5.32 Å². The summed E-state index contributed by atoms with van der Waals surface area (Å²) in [6, 6.07) is 8.48. The van der Waals surface area contributed by atoms with Crippen LogP contribution in [0.2, 0.25) is 0 Å². The molecule has 0 unspecified atom stereocenters. The fourth-order valence-corrected chi connectivity index (χ4v) is 6.19. The average molecular weight is 417 g/mol. The minimum absolute atomic E-state index is 0.174. The summed E-state index contributed by atoms with van der Waals surface area (Å²) in [4.78, 5) is 15.0. The molecule has 3 saturated carbocycles. The van der Waals surface area contributed by atoms with E-state index < -0.39 is 0 Å². The predicted molar refractivity (Wildman–Crippen MR) is 111 cm³/mol. The lowest BCUT2D eigenvalue weighted by molar-refractivity contribution is 0.109. The number of benzene rings is 1. The number of nitrogens with zero attached hydrogens (tertiary/aromatic N) is 1. The van der Waals surface area contributed by atoms with E-state index in [0.29, 0.717) is 16.7 Å². The number of furan rings is 1. The van der Waals surface area contributed by atoms with Gasteiger partial charge in [0.25, 0.3) is 0 Å². The van der Waals surface area contributed by atoms with Gasteiger partial charge < -0.3 is 9.73 Å². The topological polar surface area (TPSA) is 55.1 Å². The summed E-state index contributed by atoms with van der Waals surface area (Å²) in [5, 5.41) is 4.56. The highest BCUT2D eigenvalue weighted by Gasteiger charge is 2.84. The molecule has 0 bridgehead atoms. The van der Waals surface area contributed by atoms with Gasteiger partial charge in [-0.05, 0) is 69.3 Å². The standard InChI is InChI=1S/C12H11FN2S.C9H10O2S/c1-14-12-5-11(12,6-12)10-15-8-3-2-7(13)4-9(8)16-10;1-12-9(4-5-9)8-3-2-7(6-10)11-8/h2-4,14H,5-6H2,1H3;2-3,6H,4-5H2,1H3. The Morgan fingerprint density at radius 2 is 2.07 bits per heavy atom. The summed E-state index contributed by atoms with van der Waals surface area (Å²) < 4.78 is 19.6. The van der Waals surface area contributed by atoms with Crippen LogP contribution in [0.1, 0.15) is 47.0 Å². The Morgan fingerprint density at radius 3 is 2.64 bits per heavy atom. The van der Waals surface area contributed by atoms with E-state index in [1.165, 1.54) is 36.8 Å². The van der Waals surface area contributed by atoms with Gasteiger partial charge in [0.2, 0.25) is 0 Å². The van der Waals surface area contributed by atoms with E-state index in [4.69, 9.17) is 4.42 Å². The molecule has 3 aromatic rings. The van der Waals surface area contributed by atoms with Gasteiger partial charge in [-0.15, -0.1) is 11.3 Å². The van der Waals surface area contributed by atoms with Crippen LogP contribution in [0.15, 0.2) is 34.7 Å². The Hall–Kier alpha value is -1.70. The quantitative estimate of drug-likeness (QED) is 0.601. The molecule has 2 aromatic heterocycles. The largest absolute Gasteiger partial charge is 0.457 e. The number of fused-ring (bicyclic) bond motifs is 2. The van der Waals surface area contributed by atoms with Crippen molar-refractivity contribution in [1.29, 1.82) is 0 Å². The fraction of sp³-hybridized carbons (Fsp3) is 0.429. The Balaban J connectivity index is 0.000000128. The van der Waals surface area contributed by atoms with Gasteiger partial charge in [0.15, 0.2) is 12.0 Å². The Kier molecular flexibility index (Phi) is 4.03. The number of aldehydes is 1. The third-order valence-electron chi connectivity index (χ3n) is 6.40. The number of aromatic nitrogens is 1. The number of thiazole rings is 1. The molecule has 3 aliphatic carbocycles. The number of carbonyl (C=O) groups excluding carboxylic acids is 1. The van der Waals surface area contributed by atoms with Crippen molar-refractivity contribution < 1.29 is 13.6 Å². The van der Waals surface area contributed by atoms with Crippen LogP contribution in [0.5, 0.6) is 0 Å². The van der Waals surface area contributed by atoms with Crippen molar-refractivity contribution in [2.24, 2.45) is 0 Å². The Bertz CT molecular complexity index is 1060. The number of hydrogen-bond donors (Lipinski definition) is 1. The molecule has 0 radical (unpaired) electrons. The number of hydrogen-bond acceptors (Lipinski definition) is 6. The molecular weight excluding hydrogens is 395 g/mol. The van der Waals surface area contributed by atoms with Crippen LogP contribution >= 0.6 is 23.1 Å². The van der Waals surface area contributed by atoms with Crippen molar-refractivity contribution in [1.82, 2.24) is 10.3 Å². The number of likely N-dealkylation sites (N-methyl/N-ethyl adjacent to an activating group) is 1. The SMILES string of the molecule is CNC12CC1(c1nc3ccc(F)cc3s1)C2.CSC1(c2ccc(C=O)o2)CC1. The van der Waals surface area contributed by atoms with Gasteiger partial charge in [0, 0.05) is 11.0 Å². The number of halogens is 1.